The molecule has 0 unspecified atom stereocenters. The van der Waals surface area contributed by atoms with Gasteiger partial charge in [-0.1, -0.05) is 6.92 Å². The Bertz CT molecular complexity index is 376. The number of hydrogen-bond acceptors (Lipinski definition) is 2. The van der Waals surface area contributed by atoms with Crippen molar-refractivity contribution in [3.8, 4) is 0 Å². The van der Waals surface area contributed by atoms with Crippen LogP contribution in [0.15, 0.2) is 9.85 Å². The molecule has 0 bridgehead atoms. The number of hydrogen-bond donors (Lipinski definition) is 1. The SMILES string of the molecule is CCC(F)(F)Cc1cc(Br)sc1C(=O)O. The minimum absolute atomic E-state index is 0.0185. The summed E-state index contributed by atoms with van der Waals surface area (Å²) >= 11 is 4.05. The number of carboxylic acids is 1. The molecule has 1 aromatic heterocycles. The van der Waals surface area contributed by atoms with E-state index in [2.05, 4.69) is 15.9 Å². The molecule has 0 radical (unpaired) electrons. The molecule has 2 nitrogen and oxygen atoms in total. The summed E-state index contributed by atoms with van der Waals surface area (Å²) < 4.78 is 26.7. The summed E-state index contributed by atoms with van der Waals surface area (Å²) in [5.74, 6) is -4.00. The van der Waals surface area contributed by atoms with E-state index in [1.54, 1.807) is 0 Å². The second-order valence-electron chi connectivity index (χ2n) is 3.10. The Morgan fingerprint density at radius 1 is 1.67 bits per heavy atom. The summed E-state index contributed by atoms with van der Waals surface area (Å²) in [5.41, 5.74) is 0.186. The highest BCUT2D eigenvalue weighted by Gasteiger charge is 2.29. The van der Waals surface area contributed by atoms with Crippen LogP contribution in [0.25, 0.3) is 0 Å². The van der Waals surface area contributed by atoms with Crippen LogP contribution >= 0.6 is 27.3 Å². The summed E-state index contributed by atoms with van der Waals surface area (Å²) in [4.78, 5) is 10.7. The largest absolute Gasteiger partial charge is 0.477 e. The third-order valence-electron chi connectivity index (χ3n) is 1.94. The molecular weight excluding hydrogens is 290 g/mol. The molecule has 1 rings (SSSR count). The zero-order chi connectivity index (χ0) is 11.6. The van der Waals surface area contributed by atoms with Gasteiger partial charge < -0.3 is 5.11 Å². The first kappa shape index (κ1) is 12.6. The average molecular weight is 299 g/mol. The molecule has 6 heteroatoms. The summed E-state index contributed by atoms with van der Waals surface area (Å²) in [6.45, 7) is 1.38. The Morgan fingerprint density at radius 3 is 2.73 bits per heavy atom. The van der Waals surface area contributed by atoms with E-state index in [0.29, 0.717) is 3.79 Å². The number of rotatable bonds is 4. The lowest BCUT2D eigenvalue weighted by atomic mass is 10.1. The molecule has 0 aliphatic carbocycles. The second-order valence-corrected chi connectivity index (χ2v) is 5.53. The molecule has 0 aliphatic rings. The van der Waals surface area contributed by atoms with Crippen LogP contribution in [0.4, 0.5) is 8.78 Å². The molecule has 1 heterocycles. The van der Waals surface area contributed by atoms with Gasteiger partial charge >= 0.3 is 5.97 Å². The van der Waals surface area contributed by atoms with Crippen LogP contribution in [0.5, 0.6) is 0 Å². The quantitative estimate of drug-likeness (QED) is 0.918. The van der Waals surface area contributed by atoms with Crippen LogP contribution in [-0.2, 0) is 6.42 Å². The molecule has 0 saturated heterocycles. The molecule has 1 N–H and O–H groups in total. The summed E-state index contributed by atoms with van der Waals surface area (Å²) in [7, 11) is 0. The fraction of sp³-hybridized carbons (Fsp3) is 0.444. The van der Waals surface area contributed by atoms with E-state index in [4.69, 9.17) is 5.11 Å². The van der Waals surface area contributed by atoms with Gasteiger partial charge in [-0.25, -0.2) is 13.6 Å². The number of carboxylic acid groups (broad SMARTS) is 1. The third-order valence-corrected chi connectivity index (χ3v) is 3.61. The van der Waals surface area contributed by atoms with E-state index >= 15 is 0 Å². The maximum Gasteiger partial charge on any atom is 0.346 e. The maximum absolute atomic E-state index is 13.1. The van der Waals surface area contributed by atoms with Gasteiger partial charge in [-0.2, -0.15) is 0 Å². The van der Waals surface area contributed by atoms with Crippen molar-refractivity contribution in [3.63, 3.8) is 0 Å². The fourth-order valence-electron chi connectivity index (χ4n) is 1.11. The monoisotopic (exact) mass is 298 g/mol. The van der Waals surface area contributed by atoms with E-state index in [9.17, 15) is 13.6 Å². The van der Waals surface area contributed by atoms with Crippen molar-refractivity contribution >= 4 is 33.2 Å². The van der Waals surface area contributed by atoms with Crippen LogP contribution in [0.2, 0.25) is 0 Å². The smallest absolute Gasteiger partial charge is 0.346 e. The van der Waals surface area contributed by atoms with E-state index in [1.807, 2.05) is 0 Å². The minimum atomic E-state index is -2.84. The Labute approximate surface area is 98.1 Å². The van der Waals surface area contributed by atoms with Gasteiger partial charge in [0.05, 0.1) is 3.79 Å². The fourth-order valence-corrected chi connectivity index (χ4v) is 2.62. The average Bonchev–Trinajstić information content (AvgIpc) is 2.46. The lowest BCUT2D eigenvalue weighted by molar-refractivity contribution is -0.00227. The summed E-state index contributed by atoms with van der Waals surface area (Å²) in [5, 5.41) is 8.79. The van der Waals surface area contributed by atoms with Crippen molar-refractivity contribution in [2.24, 2.45) is 0 Å². The van der Waals surface area contributed by atoms with E-state index in [-0.39, 0.29) is 16.9 Å². The van der Waals surface area contributed by atoms with Crippen molar-refractivity contribution in [3.05, 3.63) is 20.3 Å². The zero-order valence-electron chi connectivity index (χ0n) is 7.89. The maximum atomic E-state index is 13.1. The van der Waals surface area contributed by atoms with Crippen LogP contribution in [0.1, 0.15) is 28.6 Å². The Hall–Kier alpha value is -0.490. The predicted octanol–water partition coefficient (Wildman–Crippen LogP) is 3.80. The molecule has 0 atom stereocenters. The normalized spacial score (nSPS) is 11.7. The molecule has 0 aromatic carbocycles. The molecule has 1 aromatic rings. The highest BCUT2D eigenvalue weighted by Crippen LogP contribution is 2.32. The van der Waals surface area contributed by atoms with E-state index in [0.717, 1.165) is 11.3 Å². The van der Waals surface area contributed by atoms with Crippen molar-refractivity contribution in [1.29, 1.82) is 0 Å². The molecule has 84 valence electrons. The number of carbonyl (C=O) groups is 1. The molecular formula is C9H9BrF2O2S. The van der Waals surface area contributed by atoms with Crippen LogP contribution in [0, 0.1) is 0 Å². The second kappa shape index (κ2) is 4.57. The number of aromatic carboxylic acids is 1. The van der Waals surface area contributed by atoms with Gasteiger partial charge in [-0.05, 0) is 27.6 Å². The number of halogens is 3. The molecule has 0 spiro atoms. The van der Waals surface area contributed by atoms with Crippen LogP contribution < -0.4 is 0 Å². The standard InChI is InChI=1S/C9H9BrF2O2S/c1-2-9(11,12)4-5-3-6(10)15-7(5)8(13)14/h3H,2,4H2,1H3,(H,13,14). The Morgan fingerprint density at radius 2 is 2.27 bits per heavy atom. The van der Waals surface area contributed by atoms with E-state index in [1.165, 1.54) is 13.0 Å². The number of alkyl halides is 2. The Balaban J connectivity index is 2.99. The molecule has 15 heavy (non-hydrogen) atoms. The third kappa shape index (κ3) is 3.24. The Kier molecular flexibility index (Phi) is 3.83. The highest BCUT2D eigenvalue weighted by molar-refractivity contribution is 9.11. The van der Waals surface area contributed by atoms with E-state index < -0.39 is 18.3 Å². The zero-order valence-corrected chi connectivity index (χ0v) is 10.3. The molecule has 0 amide bonds. The van der Waals surface area contributed by atoms with Crippen LogP contribution in [-0.4, -0.2) is 17.0 Å². The van der Waals surface area contributed by atoms with Gasteiger partial charge in [0.25, 0.3) is 5.92 Å². The van der Waals surface area contributed by atoms with Gasteiger partial charge in [0.1, 0.15) is 4.88 Å². The van der Waals surface area contributed by atoms with Crippen molar-refractivity contribution in [1.82, 2.24) is 0 Å². The number of thiophene rings is 1. The molecule has 0 fully saturated rings. The summed E-state index contributed by atoms with van der Waals surface area (Å²) in [6.07, 6.45) is -0.813. The van der Waals surface area contributed by atoms with Crippen LogP contribution in [0.3, 0.4) is 0 Å². The van der Waals surface area contributed by atoms with Crippen molar-refractivity contribution < 1.29 is 18.7 Å². The minimum Gasteiger partial charge on any atom is -0.477 e. The summed E-state index contributed by atoms with van der Waals surface area (Å²) in [6, 6.07) is 1.44. The van der Waals surface area contributed by atoms with Gasteiger partial charge in [0.2, 0.25) is 0 Å². The first-order valence-corrected chi connectivity index (χ1v) is 5.86. The highest BCUT2D eigenvalue weighted by atomic mass is 79.9. The van der Waals surface area contributed by atoms with Crippen molar-refractivity contribution in [2.45, 2.75) is 25.7 Å². The van der Waals surface area contributed by atoms with Gasteiger partial charge in [0, 0.05) is 12.8 Å². The topological polar surface area (TPSA) is 37.3 Å². The lowest BCUT2D eigenvalue weighted by Crippen LogP contribution is -2.18. The van der Waals surface area contributed by atoms with Gasteiger partial charge in [0.15, 0.2) is 0 Å². The molecule has 0 saturated carbocycles. The van der Waals surface area contributed by atoms with Gasteiger partial charge in [-0.3, -0.25) is 0 Å². The predicted molar refractivity (Wildman–Crippen MR) is 57.9 cm³/mol. The van der Waals surface area contributed by atoms with Gasteiger partial charge in [-0.15, -0.1) is 11.3 Å². The first-order valence-electron chi connectivity index (χ1n) is 4.25. The first-order chi connectivity index (χ1) is 6.85. The molecule has 0 aliphatic heterocycles. The van der Waals surface area contributed by atoms with Crippen molar-refractivity contribution in [2.75, 3.05) is 0 Å². The lowest BCUT2D eigenvalue weighted by Gasteiger charge is -2.12.